The molecule has 0 N–H and O–H groups in total. The van der Waals surface area contributed by atoms with Gasteiger partial charge in [0.05, 0.1) is 11.6 Å². The van der Waals surface area contributed by atoms with Crippen molar-refractivity contribution in [1.82, 2.24) is 39.3 Å². The van der Waals surface area contributed by atoms with Crippen LogP contribution in [-0.4, -0.2) is 65.5 Å². The van der Waals surface area contributed by atoms with Gasteiger partial charge < -0.3 is 9.80 Å². The lowest BCUT2D eigenvalue weighted by Gasteiger charge is -2.36. The standard InChI is InChI=1S/C16H18N10/c1-11-20-13-12(9-19-23(13)2)14(21-11)24-5-7-25(8-6-24)15-16-22-18-10-26(16)4-3-17-15/h3-4,9-10H,5-8H2,1-2H3. The first-order valence-corrected chi connectivity index (χ1v) is 8.51. The van der Waals surface area contributed by atoms with Crippen molar-refractivity contribution in [2.45, 2.75) is 6.92 Å². The molecule has 4 aromatic rings. The van der Waals surface area contributed by atoms with E-state index in [4.69, 9.17) is 0 Å². The van der Waals surface area contributed by atoms with Crippen LogP contribution in [0.3, 0.4) is 0 Å². The van der Waals surface area contributed by atoms with Gasteiger partial charge in [0.2, 0.25) is 5.65 Å². The average molecular weight is 350 g/mol. The Morgan fingerprint density at radius 3 is 2.54 bits per heavy atom. The second-order valence-corrected chi connectivity index (χ2v) is 6.39. The van der Waals surface area contributed by atoms with Crippen molar-refractivity contribution in [1.29, 1.82) is 0 Å². The van der Waals surface area contributed by atoms with E-state index >= 15 is 0 Å². The number of anilines is 2. The number of aromatic nitrogens is 8. The summed E-state index contributed by atoms with van der Waals surface area (Å²) in [7, 11) is 1.90. The van der Waals surface area contributed by atoms with Crippen LogP contribution in [-0.2, 0) is 7.05 Å². The monoisotopic (exact) mass is 350 g/mol. The first-order valence-electron chi connectivity index (χ1n) is 8.51. The summed E-state index contributed by atoms with van der Waals surface area (Å²) in [5.41, 5.74) is 1.65. The van der Waals surface area contributed by atoms with Crippen molar-refractivity contribution < 1.29 is 0 Å². The molecule has 0 saturated carbocycles. The topological polar surface area (TPSA) is 93.2 Å². The lowest BCUT2D eigenvalue weighted by molar-refractivity contribution is 0.642. The van der Waals surface area contributed by atoms with Crippen molar-refractivity contribution in [3.8, 4) is 0 Å². The summed E-state index contributed by atoms with van der Waals surface area (Å²) in [5.74, 6) is 2.58. The molecule has 0 unspecified atom stereocenters. The molecular weight excluding hydrogens is 332 g/mol. The number of fused-ring (bicyclic) bond motifs is 2. The van der Waals surface area contributed by atoms with E-state index in [0.717, 1.165) is 60.3 Å². The van der Waals surface area contributed by atoms with Gasteiger partial charge in [-0.15, -0.1) is 10.2 Å². The molecular formula is C16H18N10. The van der Waals surface area contributed by atoms with Crippen LogP contribution in [0.15, 0.2) is 24.9 Å². The normalized spacial score (nSPS) is 15.3. The molecule has 1 aliphatic rings. The van der Waals surface area contributed by atoms with Crippen LogP contribution in [0, 0.1) is 6.92 Å². The van der Waals surface area contributed by atoms with Gasteiger partial charge in [-0.2, -0.15) is 5.10 Å². The molecule has 0 bridgehead atoms. The molecule has 0 radical (unpaired) electrons. The largest absolute Gasteiger partial charge is 0.352 e. The van der Waals surface area contributed by atoms with Gasteiger partial charge in [-0.25, -0.2) is 15.0 Å². The van der Waals surface area contributed by atoms with Crippen LogP contribution in [0.5, 0.6) is 0 Å². The van der Waals surface area contributed by atoms with Gasteiger partial charge in [0, 0.05) is 45.6 Å². The Balaban J connectivity index is 1.44. The Labute approximate surface area is 149 Å². The van der Waals surface area contributed by atoms with E-state index in [0.29, 0.717) is 0 Å². The van der Waals surface area contributed by atoms with Crippen molar-refractivity contribution in [2.24, 2.45) is 7.05 Å². The van der Waals surface area contributed by atoms with Gasteiger partial charge in [0.25, 0.3) is 0 Å². The van der Waals surface area contributed by atoms with Crippen LogP contribution in [0.1, 0.15) is 5.82 Å². The summed E-state index contributed by atoms with van der Waals surface area (Å²) in [4.78, 5) is 18.2. The first kappa shape index (κ1) is 15.0. The second kappa shape index (κ2) is 5.61. The zero-order chi connectivity index (χ0) is 17.7. The average Bonchev–Trinajstić information content (AvgIpc) is 3.28. The van der Waals surface area contributed by atoms with Crippen LogP contribution in [0.4, 0.5) is 11.6 Å². The zero-order valence-corrected chi connectivity index (χ0v) is 14.6. The molecule has 0 aliphatic carbocycles. The van der Waals surface area contributed by atoms with Gasteiger partial charge in [-0.3, -0.25) is 9.08 Å². The molecule has 10 nitrogen and oxygen atoms in total. The minimum absolute atomic E-state index is 0.758. The van der Waals surface area contributed by atoms with E-state index in [1.807, 2.05) is 30.8 Å². The van der Waals surface area contributed by atoms with E-state index < -0.39 is 0 Å². The fourth-order valence-electron chi connectivity index (χ4n) is 3.45. The third kappa shape index (κ3) is 2.25. The quantitative estimate of drug-likeness (QED) is 0.514. The molecule has 1 aliphatic heterocycles. The maximum absolute atomic E-state index is 4.68. The third-order valence-electron chi connectivity index (χ3n) is 4.76. The Morgan fingerprint density at radius 2 is 1.73 bits per heavy atom. The predicted octanol–water partition coefficient (Wildman–Crippen LogP) is 0.436. The highest BCUT2D eigenvalue weighted by Crippen LogP contribution is 2.26. The molecule has 1 fully saturated rings. The van der Waals surface area contributed by atoms with Crippen LogP contribution < -0.4 is 9.80 Å². The number of rotatable bonds is 2. The van der Waals surface area contributed by atoms with Crippen molar-refractivity contribution in [2.75, 3.05) is 36.0 Å². The number of nitrogens with zero attached hydrogens (tertiary/aromatic N) is 10. The molecule has 5 rings (SSSR count). The van der Waals surface area contributed by atoms with Crippen molar-refractivity contribution in [3.05, 3.63) is 30.7 Å². The third-order valence-corrected chi connectivity index (χ3v) is 4.76. The minimum atomic E-state index is 0.758. The summed E-state index contributed by atoms with van der Waals surface area (Å²) in [6.07, 6.45) is 7.18. The molecule has 10 heteroatoms. The van der Waals surface area contributed by atoms with Gasteiger partial charge in [0.1, 0.15) is 18.0 Å². The molecule has 4 aromatic heterocycles. The van der Waals surface area contributed by atoms with E-state index in [-0.39, 0.29) is 0 Å². The highest BCUT2D eigenvalue weighted by Gasteiger charge is 2.24. The SMILES string of the molecule is Cc1nc(N2CCN(c3nccn4cnnc34)CC2)c2cnn(C)c2n1. The summed E-state index contributed by atoms with van der Waals surface area (Å²) in [6, 6.07) is 0. The smallest absolute Gasteiger partial charge is 0.203 e. The number of hydrogen-bond acceptors (Lipinski definition) is 8. The van der Waals surface area contributed by atoms with Gasteiger partial charge in [0.15, 0.2) is 11.5 Å². The molecule has 0 aromatic carbocycles. The Kier molecular flexibility index (Phi) is 3.24. The Hall–Kier alpha value is -3.30. The summed E-state index contributed by atoms with van der Waals surface area (Å²) in [5, 5.41) is 13.5. The van der Waals surface area contributed by atoms with Crippen LogP contribution in [0.2, 0.25) is 0 Å². The fourth-order valence-corrected chi connectivity index (χ4v) is 3.45. The molecule has 1 saturated heterocycles. The fraction of sp³-hybridized carbons (Fsp3) is 0.375. The maximum Gasteiger partial charge on any atom is 0.203 e. The van der Waals surface area contributed by atoms with E-state index in [1.165, 1.54) is 0 Å². The zero-order valence-electron chi connectivity index (χ0n) is 14.6. The summed E-state index contributed by atoms with van der Waals surface area (Å²) < 4.78 is 3.68. The van der Waals surface area contributed by atoms with Gasteiger partial charge in [-0.1, -0.05) is 0 Å². The van der Waals surface area contributed by atoms with E-state index in [1.54, 1.807) is 17.2 Å². The number of piperazine rings is 1. The minimum Gasteiger partial charge on any atom is -0.352 e. The van der Waals surface area contributed by atoms with Crippen LogP contribution >= 0.6 is 0 Å². The van der Waals surface area contributed by atoms with Crippen molar-refractivity contribution >= 4 is 28.3 Å². The van der Waals surface area contributed by atoms with Crippen LogP contribution in [0.25, 0.3) is 16.7 Å². The number of aryl methyl sites for hydroxylation is 2. The second-order valence-electron chi connectivity index (χ2n) is 6.39. The molecule has 0 atom stereocenters. The highest BCUT2D eigenvalue weighted by molar-refractivity contribution is 5.87. The van der Waals surface area contributed by atoms with E-state index in [9.17, 15) is 0 Å². The lowest BCUT2D eigenvalue weighted by Crippen LogP contribution is -2.47. The Morgan fingerprint density at radius 1 is 0.962 bits per heavy atom. The first-order chi connectivity index (χ1) is 12.7. The van der Waals surface area contributed by atoms with Gasteiger partial charge in [-0.05, 0) is 6.92 Å². The van der Waals surface area contributed by atoms with Gasteiger partial charge >= 0.3 is 0 Å². The molecule has 132 valence electrons. The molecule has 0 spiro atoms. The highest BCUT2D eigenvalue weighted by atomic mass is 15.3. The molecule has 0 amide bonds. The summed E-state index contributed by atoms with van der Waals surface area (Å²) in [6.45, 7) is 5.28. The van der Waals surface area contributed by atoms with Crippen molar-refractivity contribution in [3.63, 3.8) is 0 Å². The number of hydrogen-bond donors (Lipinski definition) is 0. The summed E-state index contributed by atoms with van der Waals surface area (Å²) >= 11 is 0. The van der Waals surface area contributed by atoms with E-state index in [2.05, 4.69) is 40.0 Å². The lowest BCUT2D eigenvalue weighted by atomic mass is 10.2. The Bertz CT molecular complexity index is 1090. The molecule has 26 heavy (non-hydrogen) atoms. The predicted molar refractivity (Wildman–Crippen MR) is 96.2 cm³/mol. The maximum atomic E-state index is 4.68. The molecule has 5 heterocycles.